The summed E-state index contributed by atoms with van der Waals surface area (Å²) in [6.45, 7) is 0. The third-order valence-corrected chi connectivity index (χ3v) is 25.8. The van der Waals surface area contributed by atoms with Gasteiger partial charge in [-0.15, -0.1) is 0 Å². The van der Waals surface area contributed by atoms with Crippen LogP contribution in [0.3, 0.4) is 0 Å². The van der Waals surface area contributed by atoms with Crippen LogP contribution in [-0.4, -0.2) is 43.6 Å². The largest absolute Gasteiger partial charge is 0.309 e. The smallest absolute Gasteiger partial charge is 0.0973 e. The molecule has 27 aromatic rings. The lowest BCUT2D eigenvalue weighted by atomic mass is 9.98. The Morgan fingerprint density at radius 1 is 0.147 bits per heavy atom. The number of benzene rings is 21. The zero-order chi connectivity index (χ0) is 85.0. The van der Waals surface area contributed by atoms with Crippen molar-refractivity contribution in [2.75, 3.05) is 0 Å². The molecule has 9 nitrogen and oxygen atoms in total. The molecule has 0 atom stereocenters. The first-order chi connectivity index (χ1) is 64.0. The van der Waals surface area contributed by atoms with Crippen LogP contribution in [0.15, 0.2) is 455 Å². The molecule has 27 rings (SSSR count). The first-order valence-corrected chi connectivity index (χ1v) is 43.8. The van der Waals surface area contributed by atoms with Gasteiger partial charge in [0.05, 0.1) is 89.0 Å². The molecule has 21 aromatic carbocycles. The Bertz CT molecular complexity index is 8880. The molecule has 0 aliphatic heterocycles. The summed E-state index contributed by atoms with van der Waals surface area (Å²) in [5.41, 5.74) is 27.9. The van der Waals surface area contributed by atoms with E-state index in [2.05, 4.69) is 454 Å². The molecule has 0 amide bonds. The van der Waals surface area contributed by atoms with Gasteiger partial charge in [0.25, 0.3) is 0 Å². The molecule has 0 aliphatic rings. The third kappa shape index (κ3) is 12.7. The Morgan fingerprint density at radius 3 is 0.643 bits per heavy atom. The molecule has 0 unspecified atom stereocenters. The van der Waals surface area contributed by atoms with E-state index in [-0.39, 0.29) is 0 Å². The van der Waals surface area contributed by atoms with Gasteiger partial charge in [-0.3, -0.25) is 9.97 Å². The number of aromatic nitrogens is 9. The monoisotopic (exact) mass is 1640 g/mol. The van der Waals surface area contributed by atoms with Gasteiger partial charge < -0.3 is 13.7 Å². The summed E-state index contributed by atoms with van der Waals surface area (Å²) >= 11 is 0. The Labute approximate surface area is 741 Å². The second kappa shape index (κ2) is 30.8. The molecule has 0 saturated carbocycles. The van der Waals surface area contributed by atoms with E-state index in [9.17, 15) is 0 Å². The highest BCUT2D eigenvalue weighted by atomic mass is 15.0. The first kappa shape index (κ1) is 74.2. The van der Waals surface area contributed by atoms with E-state index >= 15 is 0 Å². The van der Waals surface area contributed by atoms with Gasteiger partial charge in [0, 0.05) is 84.0 Å². The standard InChI is InChI=1S/C52H33N3.C40H25N3.C28H17N3/c1-3-11-34(12-4-1)36-19-23-40(24-20-36)51-52(41-25-21-37(22-26-41)35-13-5-2-6-14-35)54-46-33-42(29-30-45(46)53-51)55-47-31-27-38-15-7-9-17-43(38)49(47)50-44-18-10-8-16-39(44)28-32-48(50)55;1-3-13-28(14-4-1)39-40(29-15-5-2-6-16-29)42-34-25-30(21-22-33(34)41-39)43-35-23-19-26-11-7-9-17-31(26)37(35)38-32-18-10-8-12-27(32)20-24-36(38)43;1-3-7-21-18(5-1)9-13-25-27(21)28-22-8-4-2-6-19(22)10-14-26(28)31(25)20-11-12-23-24(17-20)30-16-15-29-23/h1-33H;1-25H;1-17H. The number of hydrogen-bond acceptors (Lipinski definition) is 6. The van der Waals surface area contributed by atoms with E-state index in [0.29, 0.717) is 0 Å². The SMILES string of the molecule is c1ccc(-c2ccc(-c3nc4ccc(-n5c6ccc7ccccc7c6c6c7ccccc7ccc65)cc4nc3-c3ccc(-c4ccccc4)cc3)cc2)cc1.c1ccc(-c2nc3ccc(-n4c5ccc6ccccc6c5c5c6ccccc6ccc54)cc3nc2-c2ccccc2)cc1.c1ccc2c(c1)ccc1c2c2c3ccccc3ccc2n1-c1ccc2nccnc2c1. The maximum Gasteiger partial charge on any atom is 0.0973 e. The van der Waals surface area contributed by atoms with Gasteiger partial charge in [0.2, 0.25) is 0 Å². The van der Waals surface area contributed by atoms with Gasteiger partial charge in [-0.2, -0.15) is 0 Å². The molecule has 600 valence electrons. The van der Waals surface area contributed by atoms with Crippen molar-refractivity contribution in [1.29, 1.82) is 0 Å². The molecule has 129 heavy (non-hydrogen) atoms. The van der Waals surface area contributed by atoms with Crippen LogP contribution in [0.4, 0.5) is 0 Å². The normalized spacial score (nSPS) is 11.7. The molecule has 0 spiro atoms. The van der Waals surface area contributed by atoms with Crippen LogP contribution in [0.1, 0.15) is 0 Å². The quantitative estimate of drug-likeness (QED) is 0.143. The van der Waals surface area contributed by atoms with Crippen LogP contribution in [0, 0.1) is 0 Å². The summed E-state index contributed by atoms with van der Waals surface area (Å²) in [6, 6.07) is 157. The number of rotatable bonds is 9. The molecule has 0 fully saturated rings. The molecule has 0 aliphatic carbocycles. The molecular formula is C120H75N9. The van der Waals surface area contributed by atoms with Crippen molar-refractivity contribution in [2.24, 2.45) is 0 Å². The van der Waals surface area contributed by atoms with Gasteiger partial charge in [-0.25, -0.2) is 19.9 Å². The van der Waals surface area contributed by atoms with Crippen molar-refractivity contribution < 1.29 is 0 Å². The minimum atomic E-state index is 0.848. The van der Waals surface area contributed by atoms with E-state index in [4.69, 9.17) is 19.9 Å². The summed E-state index contributed by atoms with van der Waals surface area (Å²) in [5, 5.41) is 22.7. The lowest BCUT2D eigenvalue weighted by Gasteiger charge is -2.14. The fourth-order valence-corrected chi connectivity index (χ4v) is 19.8. The van der Waals surface area contributed by atoms with Crippen molar-refractivity contribution >= 4 is 163 Å². The lowest BCUT2D eigenvalue weighted by molar-refractivity contribution is 1.18. The molecule has 0 radical (unpaired) electrons. The minimum absolute atomic E-state index is 0.848. The van der Waals surface area contributed by atoms with Gasteiger partial charge in [-0.05, 0) is 178 Å². The zero-order valence-corrected chi connectivity index (χ0v) is 69.8. The van der Waals surface area contributed by atoms with E-state index in [1.54, 1.807) is 12.4 Å². The van der Waals surface area contributed by atoms with Gasteiger partial charge in [0.1, 0.15) is 0 Å². The number of nitrogens with zero attached hydrogens (tertiary/aromatic N) is 9. The van der Waals surface area contributed by atoms with E-state index in [0.717, 1.165) is 95.2 Å². The molecular weight excluding hydrogens is 1570 g/mol. The summed E-state index contributed by atoms with van der Waals surface area (Å²) in [5.74, 6) is 0. The van der Waals surface area contributed by atoms with Crippen molar-refractivity contribution in [3.05, 3.63) is 455 Å². The zero-order valence-electron chi connectivity index (χ0n) is 69.8. The molecule has 6 heterocycles. The second-order valence-electron chi connectivity index (χ2n) is 33.1. The first-order valence-electron chi connectivity index (χ1n) is 43.8. The molecule has 0 bridgehead atoms. The van der Waals surface area contributed by atoms with Crippen LogP contribution >= 0.6 is 0 Å². The van der Waals surface area contributed by atoms with Crippen LogP contribution < -0.4 is 0 Å². The highest BCUT2D eigenvalue weighted by molar-refractivity contribution is 6.31. The number of fused-ring (bicyclic) bond motifs is 24. The topological polar surface area (TPSA) is 92.1 Å². The summed E-state index contributed by atoms with van der Waals surface area (Å²) in [7, 11) is 0. The van der Waals surface area contributed by atoms with Crippen LogP contribution in [0.2, 0.25) is 0 Å². The highest BCUT2D eigenvalue weighted by Crippen LogP contribution is 2.47. The van der Waals surface area contributed by atoms with Crippen molar-refractivity contribution in [1.82, 2.24) is 43.6 Å². The molecule has 6 aromatic heterocycles. The Hall–Kier alpha value is -17.4. The number of hydrogen-bond donors (Lipinski definition) is 0. The molecule has 0 saturated heterocycles. The second-order valence-corrected chi connectivity index (χ2v) is 33.1. The third-order valence-electron chi connectivity index (χ3n) is 25.8. The Balaban J connectivity index is 0.000000109. The van der Waals surface area contributed by atoms with E-state index < -0.39 is 0 Å². The molecule has 0 N–H and O–H groups in total. The summed E-state index contributed by atoms with van der Waals surface area (Å²) < 4.78 is 7.14. The average molecular weight is 1640 g/mol. The Kier molecular flexibility index (Phi) is 17.7. The van der Waals surface area contributed by atoms with Crippen LogP contribution in [0.5, 0.6) is 0 Å². The van der Waals surface area contributed by atoms with Crippen molar-refractivity contribution in [2.45, 2.75) is 0 Å². The van der Waals surface area contributed by atoms with Gasteiger partial charge in [0.15, 0.2) is 0 Å². The van der Waals surface area contributed by atoms with Gasteiger partial charge >= 0.3 is 0 Å². The van der Waals surface area contributed by atoms with Crippen molar-refractivity contribution in [3.8, 4) is 84.3 Å². The fraction of sp³-hybridized carbons (Fsp3) is 0. The average Bonchev–Trinajstić information content (AvgIpc) is 1.57. The maximum atomic E-state index is 5.46. The van der Waals surface area contributed by atoms with Crippen LogP contribution in [-0.2, 0) is 0 Å². The predicted octanol–water partition coefficient (Wildman–Crippen LogP) is 31.1. The van der Waals surface area contributed by atoms with Gasteiger partial charge in [-0.1, -0.05) is 352 Å². The minimum Gasteiger partial charge on any atom is -0.309 e. The van der Waals surface area contributed by atoms with Crippen LogP contribution in [0.25, 0.3) is 247 Å². The van der Waals surface area contributed by atoms with E-state index in [1.807, 2.05) is 12.1 Å². The molecule has 9 heteroatoms. The maximum absolute atomic E-state index is 5.46. The lowest BCUT2D eigenvalue weighted by Crippen LogP contribution is -1.98. The fourth-order valence-electron chi connectivity index (χ4n) is 19.8. The summed E-state index contributed by atoms with van der Waals surface area (Å²) in [6.07, 6.45) is 3.49. The Morgan fingerprint density at radius 2 is 0.357 bits per heavy atom. The predicted molar refractivity (Wildman–Crippen MR) is 539 cm³/mol. The highest BCUT2D eigenvalue weighted by Gasteiger charge is 2.25. The van der Waals surface area contributed by atoms with Crippen molar-refractivity contribution in [3.63, 3.8) is 0 Å². The van der Waals surface area contributed by atoms with E-state index in [1.165, 1.54) is 152 Å². The summed E-state index contributed by atoms with van der Waals surface area (Å²) in [4.78, 5) is 30.3.